The van der Waals surface area contributed by atoms with E-state index in [-0.39, 0.29) is 58.4 Å². The van der Waals surface area contributed by atoms with Crippen molar-refractivity contribution in [3.8, 4) is 29.1 Å². The van der Waals surface area contributed by atoms with Crippen molar-refractivity contribution in [3.05, 3.63) is 119 Å². The zero-order valence-electron chi connectivity index (χ0n) is 27.0. The lowest BCUT2D eigenvalue weighted by Crippen LogP contribution is -2.51. The molecule has 0 spiro atoms. The van der Waals surface area contributed by atoms with E-state index in [4.69, 9.17) is 23.9 Å². The Bertz CT molecular complexity index is 2240. The minimum atomic E-state index is -2.39. The largest absolute Gasteiger partial charge is 0.462 e. The Morgan fingerprint density at radius 2 is 1.82 bits per heavy atom. The van der Waals surface area contributed by atoms with Crippen molar-refractivity contribution in [2.75, 3.05) is 13.7 Å². The number of hydrogen-bond donors (Lipinski definition) is 1. The quantitative estimate of drug-likeness (QED) is 0.260. The van der Waals surface area contributed by atoms with Crippen LogP contribution in [0.4, 0.5) is 0 Å². The molecule has 3 aliphatic rings. The average molecular weight is 692 g/mol. The van der Waals surface area contributed by atoms with Gasteiger partial charge >= 0.3 is 12.0 Å². The number of rotatable bonds is 8. The Morgan fingerprint density at radius 3 is 2.52 bits per heavy atom. The van der Waals surface area contributed by atoms with Gasteiger partial charge in [0, 0.05) is 19.5 Å². The van der Waals surface area contributed by atoms with Crippen LogP contribution in [0.15, 0.2) is 112 Å². The molecule has 2 heterocycles. The Balaban J connectivity index is 1.44. The second-order valence-corrected chi connectivity index (χ2v) is 12.1. The maximum absolute atomic E-state index is 13.5. The minimum absolute atomic E-state index is 0.0470. The normalized spacial score (nSPS) is 16.6. The Labute approximate surface area is 288 Å². The first-order valence-electron chi connectivity index (χ1n) is 15.3. The average Bonchev–Trinajstić information content (AvgIpc) is 3.11. The van der Waals surface area contributed by atoms with E-state index in [1.165, 1.54) is 29.2 Å². The van der Waals surface area contributed by atoms with E-state index < -0.39 is 28.2 Å². The molecule has 1 N–H and O–H groups in total. The lowest BCUT2D eigenvalue weighted by atomic mass is 9.98. The number of nitriles is 1. The van der Waals surface area contributed by atoms with Crippen molar-refractivity contribution >= 4 is 38.9 Å². The number of nitrogens with zero attached hydrogens (tertiary/aromatic N) is 4. The second kappa shape index (κ2) is 14.3. The van der Waals surface area contributed by atoms with Crippen LogP contribution < -0.4 is 19.5 Å². The predicted molar refractivity (Wildman–Crippen MR) is 183 cm³/mol. The molecule has 13 nitrogen and oxygen atoms in total. The van der Waals surface area contributed by atoms with Gasteiger partial charge in [-0.25, -0.2) is 9.79 Å². The van der Waals surface area contributed by atoms with E-state index in [2.05, 4.69) is 16.4 Å². The third-order valence-electron chi connectivity index (χ3n) is 7.54. The number of likely N-dealkylation sites (N-methyl/N-ethyl adjacent to an activating group) is 1. The molecule has 50 heavy (non-hydrogen) atoms. The number of ether oxygens (including phenoxy) is 4. The number of benzene rings is 3. The maximum Gasteiger partial charge on any atom is 0.338 e. The molecule has 3 aromatic rings. The number of allylic oxidation sites excluding steroid dienone is 2. The van der Waals surface area contributed by atoms with E-state index in [0.29, 0.717) is 28.2 Å². The minimum Gasteiger partial charge on any atom is -0.462 e. The van der Waals surface area contributed by atoms with Crippen molar-refractivity contribution < 1.29 is 37.0 Å². The van der Waals surface area contributed by atoms with Crippen LogP contribution in [0, 0.1) is 18.3 Å². The van der Waals surface area contributed by atoms with Gasteiger partial charge in [-0.1, -0.05) is 30.4 Å². The summed E-state index contributed by atoms with van der Waals surface area (Å²) >= 11 is 0. The van der Waals surface area contributed by atoms with Gasteiger partial charge in [0.1, 0.15) is 17.2 Å². The zero-order valence-corrected chi connectivity index (χ0v) is 27.9. The summed E-state index contributed by atoms with van der Waals surface area (Å²) in [5.41, 5.74) is 1.87. The molecular formula is C36H29N5O8S. The van der Waals surface area contributed by atoms with Gasteiger partial charge in [-0.3, -0.25) is 9.69 Å². The van der Waals surface area contributed by atoms with Gasteiger partial charge in [0.15, 0.2) is 23.4 Å². The first-order chi connectivity index (χ1) is 24.1. The molecule has 0 fully saturated rings. The summed E-state index contributed by atoms with van der Waals surface area (Å²) in [5, 5.41) is 12.5. The number of amides is 1. The Hall–Kier alpha value is -6.46. The molecule has 1 atom stereocenters. The first kappa shape index (κ1) is 33.4. The molecule has 0 saturated carbocycles. The van der Waals surface area contributed by atoms with Gasteiger partial charge < -0.3 is 24.3 Å². The van der Waals surface area contributed by atoms with Gasteiger partial charge in [-0.2, -0.15) is 18.7 Å². The third kappa shape index (κ3) is 7.18. The van der Waals surface area contributed by atoms with Crippen LogP contribution in [0.1, 0.15) is 34.8 Å². The number of nitrogens with one attached hydrogen (secondary N) is 1. The predicted octanol–water partition coefficient (Wildman–Crippen LogP) is 4.60. The first-order valence-corrected chi connectivity index (χ1v) is 16.4. The summed E-state index contributed by atoms with van der Waals surface area (Å²) in [5.74, 6) is 0.277. The number of esters is 1. The number of para-hydroxylation sites is 1. The van der Waals surface area contributed by atoms with Crippen LogP contribution in [0.2, 0.25) is 0 Å². The van der Waals surface area contributed by atoms with E-state index in [1.807, 2.05) is 18.2 Å². The summed E-state index contributed by atoms with van der Waals surface area (Å²) in [6, 6.07) is 19.5. The molecule has 0 saturated heterocycles. The second-order valence-electron chi connectivity index (χ2n) is 11.1. The summed E-state index contributed by atoms with van der Waals surface area (Å²) in [4.78, 5) is 37.1. The SMILES string of the molecule is CCOC(=O)c1cc(C)cc(OC2=C3NC(=O)C(C4=CCC(=S(=O)=O)C=C4)N=C3N(C)C(Oc3cc(C#N)ccc3Oc3ccccc3)=N2)c1. The highest BCUT2D eigenvalue weighted by molar-refractivity contribution is 7.73. The topological polar surface area (TPSA) is 169 Å². The fraction of sp³-hybridized carbons (Fsp3) is 0.167. The summed E-state index contributed by atoms with van der Waals surface area (Å²) in [6.45, 7) is 3.67. The van der Waals surface area contributed by atoms with Gasteiger partial charge in [0.25, 0.3) is 11.8 Å². The molecule has 1 aliphatic carbocycles. The van der Waals surface area contributed by atoms with Crippen LogP contribution >= 0.6 is 0 Å². The summed E-state index contributed by atoms with van der Waals surface area (Å²) in [6.07, 6.45) is 4.70. The van der Waals surface area contributed by atoms with Crippen molar-refractivity contribution in [2.24, 2.45) is 9.98 Å². The number of aryl methyl sites for hydroxylation is 1. The van der Waals surface area contributed by atoms with Crippen LogP contribution in [0.3, 0.4) is 0 Å². The van der Waals surface area contributed by atoms with E-state index in [0.717, 1.165) is 0 Å². The molecule has 6 rings (SSSR count). The van der Waals surface area contributed by atoms with E-state index in [9.17, 15) is 23.3 Å². The number of carbonyl (C=O) groups excluding carboxylic acids is 2. The molecule has 252 valence electrons. The van der Waals surface area contributed by atoms with Crippen molar-refractivity contribution in [3.63, 3.8) is 0 Å². The van der Waals surface area contributed by atoms with Crippen LogP contribution in [0.5, 0.6) is 23.0 Å². The Kier molecular flexibility index (Phi) is 9.59. The third-order valence-corrected chi connectivity index (χ3v) is 8.27. The molecule has 1 unspecified atom stereocenters. The van der Waals surface area contributed by atoms with Gasteiger partial charge in [0.2, 0.25) is 10.3 Å². The fourth-order valence-electron chi connectivity index (χ4n) is 5.17. The lowest BCUT2D eigenvalue weighted by Gasteiger charge is -2.33. The van der Waals surface area contributed by atoms with Gasteiger partial charge in [0.05, 0.1) is 28.7 Å². The smallest absolute Gasteiger partial charge is 0.338 e. The highest BCUT2D eigenvalue weighted by Crippen LogP contribution is 2.34. The fourth-order valence-corrected chi connectivity index (χ4v) is 5.57. The van der Waals surface area contributed by atoms with E-state index >= 15 is 0 Å². The van der Waals surface area contributed by atoms with Crippen LogP contribution in [-0.2, 0) is 19.8 Å². The van der Waals surface area contributed by atoms with Crippen molar-refractivity contribution in [1.29, 1.82) is 5.26 Å². The number of aliphatic imine (C=N–C) groups is 2. The van der Waals surface area contributed by atoms with Crippen molar-refractivity contribution in [2.45, 2.75) is 26.3 Å². The molecule has 14 heteroatoms. The van der Waals surface area contributed by atoms with Gasteiger partial charge in [-0.15, -0.1) is 0 Å². The van der Waals surface area contributed by atoms with Crippen LogP contribution in [-0.4, -0.2) is 61.6 Å². The molecule has 1 amide bonds. The number of fused-ring (bicyclic) bond motifs is 1. The highest BCUT2D eigenvalue weighted by atomic mass is 32.2. The molecule has 2 aliphatic heterocycles. The zero-order chi connectivity index (χ0) is 35.4. The Morgan fingerprint density at radius 1 is 1.02 bits per heavy atom. The molecular weight excluding hydrogens is 662 g/mol. The van der Waals surface area contributed by atoms with Gasteiger partial charge in [-0.05, 0) is 73.5 Å². The monoisotopic (exact) mass is 691 g/mol. The lowest BCUT2D eigenvalue weighted by molar-refractivity contribution is -0.121. The molecule has 0 aromatic heterocycles. The molecule has 0 radical (unpaired) electrons. The molecule has 0 bridgehead atoms. The number of hydrogen-bond acceptors (Lipinski definition) is 12. The molecule has 3 aromatic carbocycles. The van der Waals surface area contributed by atoms with Crippen LogP contribution in [0.25, 0.3) is 0 Å². The number of carbonyl (C=O) groups is 2. The summed E-state index contributed by atoms with van der Waals surface area (Å²) < 4.78 is 46.7. The van der Waals surface area contributed by atoms with E-state index in [1.54, 1.807) is 63.4 Å². The summed E-state index contributed by atoms with van der Waals surface area (Å²) in [7, 11) is -0.769. The van der Waals surface area contributed by atoms with Crippen molar-refractivity contribution in [1.82, 2.24) is 10.2 Å². The standard InChI is InChI=1S/C36H29N5O8S/c1-4-46-35(43)24-16-21(2)17-26(19-24)48-34-31-32(38-30(33(42)39-31)23-11-13-27(14-12-23)50(44)45)41(3)36(40-34)49-29-18-22(20-37)10-15-28(29)47-25-8-6-5-7-9-25/h5-13,15-19,30H,4,14H2,1-3H3,(H,39,42). The number of amidine groups is 2. The maximum atomic E-state index is 13.5. The highest BCUT2D eigenvalue weighted by Gasteiger charge is 2.38.